The van der Waals surface area contributed by atoms with Crippen molar-refractivity contribution in [3.63, 3.8) is 0 Å². The highest BCUT2D eigenvalue weighted by atomic mass is 19.4. The van der Waals surface area contributed by atoms with Crippen molar-refractivity contribution in [1.82, 2.24) is 9.78 Å². The van der Waals surface area contributed by atoms with Crippen molar-refractivity contribution in [2.45, 2.75) is 24.9 Å². The van der Waals surface area contributed by atoms with Gasteiger partial charge in [0.25, 0.3) is 0 Å². The number of fused-ring (bicyclic) bond motifs is 4. The molecule has 0 unspecified atom stereocenters. The molecule has 2 aliphatic heterocycles. The Kier molecular flexibility index (Phi) is 3.65. The number of hydrogen-bond donors (Lipinski definition) is 2. The van der Waals surface area contributed by atoms with Crippen molar-refractivity contribution in [2.24, 2.45) is 0 Å². The smallest absolute Gasteiger partial charge is 0.325 e. The Morgan fingerprint density at radius 2 is 1.77 bits per heavy atom. The van der Waals surface area contributed by atoms with Crippen molar-refractivity contribution in [2.75, 3.05) is 10.6 Å². The van der Waals surface area contributed by atoms with E-state index >= 15 is 0 Å². The highest BCUT2D eigenvalue weighted by Crippen LogP contribution is 2.50. The molecule has 152 valence electrons. The fourth-order valence-corrected chi connectivity index (χ4v) is 4.20. The summed E-state index contributed by atoms with van der Waals surface area (Å²) in [5.74, 6) is -0.428. The number of alkyl halides is 3. The van der Waals surface area contributed by atoms with Gasteiger partial charge in [0.15, 0.2) is 0 Å². The molecule has 1 atom stereocenters. The van der Waals surface area contributed by atoms with Crippen LogP contribution in [-0.4, -0.2) is 21.6 Å². The molecule has 2 amide bonds. The molecule has 0 saturated carbocycles. The summed E-state index contributed by atoms with van der Waals surface area (Å²) in [4.78, 5) is 25.7. The minimum absolute atomic E-state index is 0.0823. The fourth-order valence-electron chi connectivity index (χ4n) is 4.20. The van der Waals surface area contributed by atoms with Gasteiger partial charge in [0, 0.05) is 17.7 Å². The van der Waals surface area contributed by atoms with Crippen LogP contribution in [0.1, 0.15) is 28.7 Å². The van der Waals surface area contributed by atoms with Gasteiger partial charge < -0.3 is 10.6 Å². The van der Waals surface area contributed by atoms with Crippen LogP contribution in [-0.2, 0) is 21.2 Å². The molecule has 9 heteroatoms. The third-order valence-corrected chi connectivity index (χ3v) is 5.62. The van der Waals surface area contributed by atoms with Gasteiger partial charge in [0.1, 0.15) is 11.2 Å². The van der Waals surface area contributed by atoms with E-state index in [4.69, 9.17) is 0 Å². The van der Waals surface area contributed by atoms with E-state index in [-0.39, 0.29) is 24.1 Å². The maximum absolute atomic E-state index is 13.1. The van der Waals surface area contributed by atoms with E-state index in [0.717, 1.165) is 17.7 Å². The predicted molar refractivity (Wildman–Crippen MR) is 102 cm³/mol. The quantitative estimate of drug-likeness (QED) is 0.639. The van der Waals surface area contributed by atoms with Gasteiger partial charge in [0.2, 0.25) is 11.8 Å². The lowest BCUT2D eigenvalue weighted by molar-refractivity contribution is -0.137. The molecule has 5 rings (SSSR count). The molecule has 1 aromatic heterocycles. The van der Waals surface area contributed by atoms with Crippen molar-refractivity contribution in [1.29, 1.82) is 0 Å². The largest absolute Gasteiger partial charge is 0.416 e. The molecule has 2 N–H and O–H groups in total. The summed E-state index contributed by atoms with van der Waals surface area (Å²) >= 11 is 0. The van der Waals surface area contributed by atoms with Crippen LogP contribution >= 0.6 is 0 Å². The molecule has 30 heavy (non-hydrogen) atoms. The highest BCUT2D eigenvalue weighted by molar-refractivity contribution is 6.14. The monoisotopic (exact) mass is 412 g/mol. The summed E-state index contributed by atoms with van der Waals surface area (Å²) in [7, 11) is 0. The van der Waals surface area contributed by atoms with Crippen LogP contribution < -0.4 is 10.6 Å². The van der Waals surface area contributed by atoms with E-state index in [1.807, 2.05) is 19.1 Å². The van der Waals surface area contributed by atoms with Crippen LogP contribution in [0.15, 0.2) is 48.7 Å². The van der Waals surface area contributed by atoms with Crippen LogP contribution in [0.3, 0.4) is 0 Å². The summed E-state index contributed by atoms with van der Waals surface area (Å²) in [6, 6.07) is 9.98. The van der Waals surface area contributed by atoms with Gasteiger partial charge in [-0.2, -0.15) is 18.3 Å². The average Bonchev–Trinajstić information content (AvgIpc) is 3.22. The van der Waals surface area contributed by atoms with Gasteiger partial charge in [-0.1, -0.05) is 17.7 Å². The Morgan fingerprint density at radius 3 is 2.47 bits per heavy atom. The number of rotatable bonds is 1. The van der Waals surface area contributed by atoms with Crippen molar-refractivity contribution in [3.05, 3.63) is 70.9 Å². The lowest BCUT2D eigenvalue weighted by atomic mass is 9.71. The molecule has 2 aliphatic rings. The molecule has 3 heterocycles. The first-order valence-electron chi connectivity index (χ1n) is 9.19. The van der Waals surface area contributed by atoms with E-state index in [1.165, 1.54) is 23.0 Å². The summed E-state index contributed by atoms with van der Waals surface area (Å²) in [6.07, 6.45) is -3.05. The van der Waals surface area contributed by atoms with Crippen LogP contribution in [0, 0.1) is 6.92 Å². The van der Waals surface area contributed by atoms with Gasteiger partial charge in [0.05, 0.1) is 17.4 Å². The lowest BCUT2D eigenvalue weighted by Crippen LogP contribution is -2.43. The molecule has 0 saturated heterocycles. The molecule has 2 aromatic carbocycles. The molecule has 3 aromatic rings. The van der Waals surface area contributed by atoms with Gasteiger partial charge in [-0.15, -0.1) is 0 Å². The number of amides is 2. The zero-order valence-electron chi connectivity index (χ0n) is 15.7. The minimum atomic E-state index is -4.45. The van der Waals surface area contributed by atoms with Gasteiger partial charge in [-0.3, -0.25) is 9.59 Å². The zero-order chi connectivity index (χ0) is 21.3. The SMILES string of the molecule is Cc1ccc2c(c1)[C@]1(CC(=O)Nc3c1cnn3-c1ccc(C(F)(F)F)cc1)C(=O)N2. The molecule has 6 nitrogen and oxygen atoms in total. The normalized spacial score (nSPS) is 20.0. The average molecular weight is 412 g/mol. The Labute approximate surface area is 168 Å². The third-order valence-electron chi connectivity index (χ3n) is 5.62. The molecule has 0 bridgehead atoms. The van der Waals surface area contributed by atoms with E-state index in [1.54, 1.807) is 6.07 Å². The van der Waals surface area contributed by atoms with Crippen molar-refractivity contribution in [3.8, 4) is 5.69 Å². The number of hydrogen-bond acceptors (Lipinski definition) is 3. The number of nitrogens with zero attached hydrogens (tertiary/aromatic N) is 2. The van der Waals surface area contributed by atoms with E-state index < -0.39 is 17.2 Å². The third kappa shape index (κ3) is 2.47. The van der Waals surface area contributed by atoms with E-state index in [2.05, 4.69) is 15.7 Å². The van der Waals surface area contributed by atoms with Crippen LogP contribution in [0.4, 0.5) is 24.7 Å². The highest BCUT2D eigenvalue weighted by Gasteiger charge is 2.54. The Bertz CT molecular complexity index is 1210. The first-order valence-corrected chi connectivity index (χ1v) is 9.19. The van der Waals surface area contributed by atoms with E-state index in [0.29, 0.717) is 22.5 Å². The minimum Gasteiger partial charge on any atom is -0.325 e. The number of benzene rings is 2. The number of aromatic nitrogens is 2. The van der Waals surface area contributed by atoms with Crippen molar-refractivity contribution >= 4 is 23.3 Å². The zero-order valence-corrected chi connectivity index (χ0v) is 15.7. The standard InChI is InChI=1S/C21H15F3N4O2/c1-11-2-7-16-14(8-11)20(19(30)26-16)9-17(29)27-18-15(20)10-25-28(18)13-5-3-12(4-6-13)21(22,23)24/h2-8,10H,9H2,1H3,(H,26,30)(H,27,29)/t20-/m0/s1. The van der Waals surface area contributed by atoms with Crippen LogP contribution in [0.25, 0.3) is 5.69 Å². The fraction of sp³-hybridized carbons (Fsp3) is 0.190. The number of aryl methyl sites for hydroxylation is 1. The topological polar surface area (TPSA) is 76.0 Å². The van der Waals surface area contributed by atoms with Crippen LogP contribution in [0.5, 0.6) is 0 Å². The summed E-state index contributed by atoms with van der Waals surface area (Å²) in [5, 5.41) is 9.85. The molecular formula is C21H15F3N4O2. The Morgan fingerprint density at radius 1 is 1.03 bits per heavy atom. The number of carbonyl (C=O) groups excluding carboxylic acids is 2. The summed E-state index contributed by atoms with van der Waals surface area (Å²) in [6.45, 7) is 1.90. The lowest BCUT2D eigenvalue weighted by Gasteiger charge is -2.31. The van der Waals surface area contributed by atoms with Crippen molar-refractivity contribution < 1.29 is 22.8 Å². The maximum atomic E-state index is 13.1. The number of anilines is 2. The molecule has 1 spiro atoms. The summed E-state index contributed by atoms with van der Waals surface area (Å²) in [5.41, 5.74) is 1.08. The second-order valence-corrected chi connectivity index (χ2v) is 7.50. The maximum Gasteiger partial charge on any atom is 0.416 e. The number of nitrogens with one attached hydrogen (secondary N) is 2. The number of halogens is 3. The Hall–Kier alpha value is -3.62. The van der Waals surface area contributed by atoms with Gasteiger partial charge >= 0.3 is 6.18 Å². The first-order chi connectivity index (χ1) is 14.2. The van der Waals surface area contributed by atoms with E-state index in [9.17, 15) is 22.8 Å². The molecule has 0 fully saturated rings. The van der Waals surface area contributed by atoms with Crippen LogP contribution in [0.2, 0.25) is 0 Å². The molecular weight excluding hydrogens is 397 g/mol. The predicted octanol–water partition coefficient (Wildman–Crippen LogP) is 3.78. The molecule has 0 aliphatic carbocycles. The molecule has 0 radical (unpaired) electrons. The summed E-state index contributed by atoms with van der Waals surface area (Å²) < 4.78 is 40.0. The first kappa shape index (κ1) is 18.4. The Balaban J connectivity index is 1.68. The number of carbonyl (C=O) groups is 2. The van der Waals surface area contributed by atoms with Gasteiger partial charge in [-0.25, -0.2) is 4.68 Å². The second-order valence-electron chi connectivity index (χ2n) is 7.50. The van der Waals surface area contributed by atoms with Gasteiger partial charge in [-0.05, 0) is 42.8 Å². The second kappa shape index (κ2) is 5.94.